The number of hydrogen-bond acceptors (Lipinski definition) is 4. The van der Waals surface area contributed by atoms with Gasteiger partial charge in [0, 0.05) is 24.0 Å². The molecule has 104 valence electrons. The standard InChI is InChI=1S/C15H13N5O/c1-11-5-2-3-6-12(11)15(21)19-13-9-14(17-10-16-13)20-8-4-7-18-20/h2-10H,1H3,(H,16,17,19,21). The number of carbonyl (C=O) groups excluding carboxylic acids is 1. The van der Waals surface area contributed by atoms with Crippen LogP contribution in [0.15, 0.2) is 55.1 Å². The van der Waals surface area contributed by atoms with Crippen LogP contribution < -0.4 is 5.32 Å². The molecular weight excluding hydrogens is 266 g/mol. The van der Waals surface area contributed by atoms with Crippen molar-refractivity contribution in [1.29, 1.82) is 0 Å². The van der Waals surface area contributed by atoms with Crippen LogP contribution in [0.25, 0.3) is 5.82 Å². The van der Waals surface area contributed by atoms with E-state index < -0.39 is 0 Å². The van der Waals surface area contributed by atoms with E-state index >= 15 is 0 Å². The Morgan fingerprint density at radius 3 is 2.81 bits per heavy atom. The Bertz CT molecular complexity index is 767. The van der Waals surface area contributed by atoms with Gasteiger partial charge in [0.1, 0.15) is 12.1 Å². The maximum absolute atomic E-state index is 12.2. The highest BCUT2D eigenvalue weighted by atomic mass is 16.1. The van der Waals surface area contributed by atoms with E-state index in [1.807, 2.05) is 25.1 Å². The Labute approximate surface area is 121 Å². The largest absolute Gasteiger partial charge is 0.306 e. The molecule has 3 aromatic rings. The molecule has 0 unspecified atom stereocenters. The van der Waals surface area contributed by atoms with E-state index in [1.54, 1.807) is 35.3 Å². The van der Waals surface area contributed by atoms with Crippen LogP contribution in [0.1, 0.15) is 15.9 Å². The van der Waals surface area contributed by atoms with Crippen LogP contribution >= 0.6 is 0 Å². The lowest BCUT2D eigenvalue weighted by atomic mass is 10.1. The van der Waals surface area contributed by atoms with Gasteiger partial charge in [-0.2, -0.15) is 5.10 Å². The zero-order chi connectivity index (χ0) is 14.7. The molecule has 0 atom stereocenters. The van der Waals surface area contributed by atoms with E-state index in [0.29, 0.717) is 17.2 Å². The van der Waals surface area contributed by atoms with E-state index in [-0.39, 0.29) is 5.91 Å². The van der Waals surface area contributed by atoms with Crippen molar-refractivity contribution >= 4 is 11.7 Å². The molecule has 1 amide bonds. The smallest absolute Gasteiger partial charge is 0.257 e. The molecule has 0 saturated heterocycles. The Morgan fingerprint density at radius 2 is 2.05 bits per heavy atom. The highest BCUT2D eigenvalue weighted by Gasteiger charge is 2.10. The second-order valence-corrected chi connectivity index (χ2v) is 4.48. The number of anilines is 1. The van der Waals surface area contributed by atoms with Gasteiger partial charge in [-0.25, -0.2) is 14.6 Å². The monoisotopic (exact) mass is 279 g/mol. The van der Waals surface area contributed by atoms with Gasteiger partial charge in [0.25, 0.3) is 5.91 Å². The van der Waals surface area contributed by atoms with E-state index in [2.05, 4.69) is 20.4 Å². The lowest BCUT2D eigenvalue weighted by Gasteiger charge is -2.07. The number of rotatable bonds is 3. The number of nitrogens with zero attached hydrogens (tertiary/aromatic N) is 4. The third-order valence-electron chi connectivity index (χ3n) is 3.02. The molecule has 0 spiro atoms. The summed E-state index contributed by atoms with van der Waals surface area (Å²) in [4.78, 5) is 20.4. The summed E-state index contributed by atoms with van der Waals surface area (Å²) < 4.78 is 1.60. The number of benzene rings is 1. The molecule has 0 aliphatic carbocycles. The molecule has 1 N–H and O–H groups in total. The molecule has 0 radical (unpaired) electrons. The summed E-state index contributed by atoms with van der Waals surface area (Å²) in [5.74, 6) is 0.831. The average molecular weight is 279 g/mol. The minimum absolute atomic E-state index is 0.196. The molecule has 0 saturated carbocycles. The summed E-state index contributed by atoms with van der Waals surface area (Å²) in [6, 6.07) is 10.9. The highest BCUT2D eigenvalue weighted by molar-refractivity contribution is 6.04. The average Bonchev–Trinajstić information content (AvgIpc) is 3.02. The normalized spacial score (nSPS) is 10.3. The Kier molecular flexibility index (Phi) is 3.42. The maximum Gasteiger partial charge on any atom is 0.257 e. The third-order valence-corrected chi connectivity index (χ3v) is 3.02. The van der Waals surface area contributed by atoms with Gasteiger partial charge in [-0.1, -0.05) is 18.2 Å². The first kappa shape index (κ1) is 13.0. The second-order valence-electron chi connectivity index (χ2n) is 4.48. The van der Waals surface area contributed by atoms with E-state index in [4.69, 9.17) is 0 Å². The summed E-state index contributed by atoms with van der Waals surface area (Å²) in [5.41, 5.74) is 1.54. The first-order chi connectivity index (χ1) is 10.2. The van der Waals surface area contributed by atoms with Gasteiger partial charge in [0.2, 0.25) is 0 Å². The van der Waals surface area contributed by atoms with Crippen molar-refractivity contribution in [3.8, 4) is 5.82 Å². The SMILES string of the molecule is Cc1ccccc1C(=O)Nc1cc(-n2cccn2)ncn1. The number of amides is 1. The lowest BCUT2D eigenvalue weighted by molar-refractivity contribution is 0.102. The fraction of sp³-hybridized carbons (Fsp3) is 0.0667. The fourth-order valence-electron chi connectivity index (χ4n) is 1.96. The predicted molar refractivity (Wildman–Crippen MR) is 78.3 cm³/mol. The summed E-state index contributed by atoms with van der Waals surface area (Å²) in [5, 5.41) is 6.86. The van der Waals surface area contributed by atoms with Crippen molar-refractivity contribution in [2.75, 3.05) is 5.32 Å². The zero-order valence-corrected chi connectivity index (χ0v) is 11.4. The van der Waals surface area contributed by atoms with Crippen molar-refractivity contribution in [2.24, 2.45) is 0 Å². The van der Waals surface area contributed by atoms with Crippen LogP contribution in [-0.2, 0) is 0 Å². The summed E-state index contributed by atoms with van der Waals surface area (Å²) in [6.07, 6.45) is 4.83. The van der Waals surface area contributed by atoms with Crippen molar-refractivity contribution in [1.82, 2.24) is 19.7 Å². The number of aromatic nitrogens is 4. The molecule has 2 heterocycles. The quantitative estimate of drug-likeness (QED) is 0.798. The van der Waals surface area contributed by atoms with Crippen molar-refractivity contribution in [3.63, 3.8) is 0 Å². The molecule has 6 heteroatoms. The van der Waals surface area contributed by atoms with Gasteiger partial charge < -0.3 is 5.32 Å². The third kappa shape index (κ3) is 2.79. The van der Waals surface area contributed by atoms with Crippen LogP contribution in [0, 0.1) is 6.92 Å². The van der Waals surface area contributed by atoms with Crippen LogP contribution in [0.2, 0.25) is 0 Å². The number of hydrogen-bond donors (Lipinski definition) is 1. The summed E-state index contributed by atoms with van der Waals surface area (Å²) >= 11 is 0. The van der Waals surface area contributed by atoms with E-state index in [9.17, 15) is 4.79 Å². The lowest BCUT2D eigenvalue weighted by Crippen LogP contribution is -2.14. The predicted octanol–water partition coefficient (Wildman–Crippen LogP) is 2.22. The van der Waals surface area contributed by atoms with Gasteiger partial charge >= 0.3 is 0 Å². The molecule has 1 aromatic carbocycles. The van der Waals surface area contributed by atoms with E-state index in [0.717, 1.165) is 5.56 Å². The molecule has 6 nitrogen and oxygen atoms in total. The number of aryl methyl sites for hydroxylation is 1. The first-order valence-corrected chi connectivity index (χ1v) is 6.43. The molecule has 0 fully saturated rings. The first-order valence-electron chi connectivity index (χ1n) is 6.43. The summed E-state index contributed by atoms with van der Waals surface area (Å²) in [6.45, 7) is 1.89. The zero-order valence-electron chi connectivity index (χ0n) is 11.4. The molecule has 3 rings (SSSR count). The summed E-state index contributed by atoms with van der Waals surface area (Å²) in [7, 11) is 0. The van der Waals surface area contributed by atoms with Crippen LogP contribution in [0.3, 0.4) is 0 Å². The number of nitrogens with one attached hydrogen (secondary N) is 1. The van der Waals surface area contributed by atoms with Gasteiger partial charge in [-0.3, -0.25) is 4.79 Å². The number of carbonyl (C=O) groups is 1. The molecule has 0 aliphatic heterocycles. The van der Waals surface area contributed by atoms with Crippen molar-refractivity contribution in [3.05, 3.63) is 66.2 Å². The van der Waals surface area contributed by atoms with Gasteiger partial charge in [0.05, 0.1) is 0 Å². The molecule has 0 aliphatic rings. The Morgan fingerprint density at radius 1 is 1.19 bits per heavy atom. The minimum Gasteiger partial charge on any atom is -0.306 e. The molecule has 2 aromatic heterocycles. The van der Waals surface area contributed by atoms with Gasteiger partial charge in [-0.05, 0) is 24.6 Å². The van der Waals surface area contributed by atoms with Gasteiger partial charge in [-0.15, -0.1) is 0 Å². The topological polar surface area (TPSA) is 72.7 Å². The molecule has 0 bridgehead atoms. The maximum atomic E-state index is 12.2. The van der Waals surface area contributed by atoms with Crippen LogP contribution in [-0.4, -0.2) is 25.7 Å². The minimum atomic E-state index is -0.196. The van der Waals surface area contributed by atoms with Gasteiger partial charge in [0.15, 0.2) is 5.82 Å². The second kappa shape index (κ2) is 5.54. The Balaban J connectivity index is 1.84. The van der Waals surface area contributed by atoms with Crippen molar-refractivity contribution < 1.29 is 4.79 Å². The highest BCUT2D eigenvalue weighted by Crippen LogP contribution is 2.12. The van der Waals surface area contributed by atoms with E-state index in [1.165, 1.54) is 6.33 Å². The van der Waals surface area contributed by atoms with Crippen LogP contribution in [0.5, 0.6) is 0 Å². The van der Waals surface area contributed by atoms with Crippen molar-refractivity contribution in [2.45, 2.75) is 6.92 Å². The molecule has 21 heavy (non-hydrogen) atoms. The van der Waals surface area contributed by atoms with Crippen LogP contribution in [0.4, 0.5) is 5.82 Å². The Hall–Kier alpha value is -3.02. The molecular formula is C15H13N5O. The fourth-order valence-corrected chi connectivity index (χ4v) is 1.96.